The Hall–Kier alpha value is -2.45. The molecule has 31 heavy (non-hydrogen) atoms. The van der Waals surface area contributed by atoms with Gasteiger partial charge in [-0.15, -0.1) is 11.3 Å². The summed E-state index contributed by atoms with van der Waals surface area (Å²) in [6.07, 6.45) is 5.77. The van der Waals surface area contributed by atoms with Crippen molar-refractivity contribution >= 4 is 50.8 Å². The predicted octanol–water partition coefficient (Wildman–Crippen LogP) is 4.85. The predicted molar refractivity (Wildman–Crippen MR) is 126 cm³/mol. The Balaban J connectivity index is 1.31. The summed E-state index contributed by atoms with van der Waals surface area (Å²) in [5, 5.41) is 7.87. The number of rotatable bonds is 7. The maximum Gasteiger partial charge on any atom is 0.230 e. The molecule has 8 heteroatoms. The van der Waals surface area contributed by atoms with Gasteiger partial charge in [0.15, 0.2) is 0 Å². The normalized spacial score (nSPS) is 14.1. The fraction of sp³-hybridized carbons (Fsp3) is 0.391. The zero-order valence-corrected chi connectivity index (χ0v) is 19.4. The first-order valence-electron chi connectivity index (χ1n) is 10.5. The van der Waals surface area contributed by atoms with Crippen LogP contribution >= 0.6 is 23.1 Å². The molecule has 6 nitrogen and oxygen atoms in total. The summed E-state index contributed by atoms with van der Waals surface area (Å²) in [6, 6.07) is 7.66. The summed E-state index contributed by atoms with van der Waals surface area (Å²) in [4.78, 5) is 35.7. The maximum absolute atomic E-state index is 12.4. The van der Waals surface area contributed by atoms with Crippen molar-refractivity contribution in [1.82, 2.24) is 15.3 Å². The largest absolute Gasteiger partial charge is 0.351 e. The van der Waals surface area contributed by atoms with E-state index in [1.54, 1.807) is 17.7 Å². The lowest BCUT2D eigenvalue weighted by Crippen LogP contribution is -2.25. The molecule has 0 atom stereocenters. The van der Waals surface area contributed by atoms with Crippen LogP contribution in [0, 0.1) is 19.8 Å². The third-order valence-electron chi connectivity index (χ3n) is 5.68. The first kappa shape index (κ1) is 21.8. The van der Waals surface area contributed by atoms with Crippen LogP contribution in [0.1, 0.15) is 41.7 Å². The van der Waals surface area contributed by atoms with Gasteiger partial charge in [-0.2, -0.15) is 0 Å². The lowest BCUT2D eigenvalue weighted by Gasteiger charge is -2.12. The number of nitrogens with one attached hydrogen (secondary N) is 2. The number of fused-ring (bicyclic) bond motifs is 1. The van der Waals surface area contributed by atoms with Crippen molar-refractivity contribution in [3.05, 3.63) is 46.6 Å². The third-order valence-corrected chi connectivity index (χ3v) is 7.79. The number of hydrogen-bond donors (Lipinski definition) is 2. The lowest BCUT2D eigenvalue weighted by atomic mass is 10.1. The van der Waals surface area contributed by atoms with E-state index in [1.807, 2.05) is 24.3 Å². The summed E-state index contributed by atoms with van der Waals surface area (Å²) < 4.78 is 0. The Morgan fingerprint density at radius 2 is 2.00 bits per heavy atom. The molecule has 2 aromatic heterocycles. The van der Waals surface area contributed by atoms with Crippen molar-refractivity contribution in [2.24, 2.45) is 5.92 Å². The van der Waals surface area contributed by atoms with E-state index in [-0.39, 0.29) is 17.7 Å². The van der Waals surface area contributed by atoms with E-state index in [0.717, 1.165) is 52.2 Å². The molecular formula is C23H26N4O2S2. The van der Waals surface area contributed by atoms with Crippen LogP contribution in [-0.2, 0) is 16.1 Å². The smallest absolute Gasteiger partial charge is 0.230 e. The number of thiophene rings is 1. The highest BCUT2D eigenvalue weighted by molar-refractivity contribution is 8.00. The summed E-state index contributed by atoms with van der Waals surface area (Å²) >= 11 is 3.09. The van der Waals surface area contributed by atoms with Gasteiger partial charge in [-0.05, 0) is 49.9 Å². The van der Waals surface area contributed by atoms with Crippen molar-refractivity contribution in [2.45, 2.75) is 51.1 Å². The second-order valence-corrected chi connectivity index (χ2v) is 10.0. The summed E-state index contributed by atoms with van der Waals surface area (Å²) in [6.45, 7) is 4.57. The first-order valence-corrected chi connectivity index (χ1v) is 12.3. The van der Waals surface area contributed by atoms with Crippen LogP contribution < -0.4 is 10.6 Å². The number of aromatic nitrogens is 2. The molecular weight excluding hydrogens is 428 g/mol. The zero-order chi connectivity index (χ0) is 21.8. The monoisotopic (exact) mass is 454 g/mol. The third kappa shape index (κ3) is 5.25. The average molecular weight is 455 g/mol. The highest BCUT2D eigenvalue weighted by Gasteiger charge is 2.22. The molecule has 1 aliphatic rings. The Bertz CT molecular complexity index is 1110. The molecule has 0 unspecified atom stereocenters. The van der Waals surface area contributed by atoms with Crippen LogP contribution in [0.25, 0.3) is 10.2 Å². The van der Waals surface area contributed by atoms with Gasteiger partial charge in [-0.25, -0.2) is 9.97 Å². The molecule has 1 saturated carbocycles. The van der Waals surface area contributed by atoms with E-state index in [9.17, 15) is 9.59 Å². The van der Waals surface area contributed by atoms with E-state index in [1.165, 1.54) is 22.2 Å². The molecule has 0 aliphatic heterocycles. The van der Waals surface area contributed by atoms with Gasteiger partial charge in [0, 0.05) is 28.4 Å². The molecule has 1 aromatic carbocycles. The molecule has 4 rings (SSSR count). The quantitative estimate of drug-likeness (QED) is 0.394. The van der Waals surface area contributed by atoms with E-state index in [2.05, 4.69) is 34.4 Å². The van der Waals surface area contributed by atoms with Gasteiger partial charge in [0.2, 0.25) is 11.8 Å². The fourth-order valence-corrected chi connectivity index (χ4v) is 5.78. The van der Waals surface area contributed by atoms with Gasteiger partial charge in [0.1, 0.15) is 16.2 Å². The van der Waals surface area contributed by atoms with Gasteiger partial charge in [-0.1, -0.05) is 36.7 Å². The first-order chi connectivity index (χ1) is 15.0. The summed E-state index contributed by atoms with van der Waals surface area (Å²) in [7, 11) is 0. The Labute approximate surface area is 190 Å². The van der Waals surface area contributed by atoms with Crippen LogP contribution in [0.15, 0.2) is 35.6 Å². The molecule has 2 amide bonds. The topological polar surface area (TPSA) is 84.0 Å². The maximum atomic E-state index is 12.4. The summed E-state index contributed by atoms with van der Waals surface area (Å²) in [5.41, 5.74) is 2.92. The van der Waals surface area contributed by atoms with Crippen molar-refractivity contribution in [3.8, 4) is 0 Å². The Morgan fingerprint density at radius 1 is 1.19 bits per heavy atom. The van der Waals surface area contributed by atoms with Crippen molar-refractivity contribution in [2.75, 3.05) is 11.1 Å². The van der Waals surface area contributed by atoms with E-state index in [4.69, 9.17) is 0 Å². The van der Waals surface area contributed by atoms with Crippen LogP contribution in [-0.4, -0.2) is 27.5 Å². The SMILES string of the molecule is Cc1sc2ncnc(SCC(=O)NCc3cccc(NC(=O)C4CCCC4)c3)c2c1C. The number of nitrogens with zero attached hydrogens (tertiary/aromatic N) is 2. The molecule has 162 valence electrons. The van der Waals surface area contributed by atoms with Crippen molar-refractivity contribution in [3.63, 3.8) is 0 Å². The minimum absolute atomic E-state index is 0.0539. The standard InChI is InChI=1S/C23H26N4O2S2/c1-14-15(2)31-23-20(14)22(25-13-26-23)30-12-19(28)24-11-16-6-5-9-18(10-16)27-21(29)17-7-3-4-8-17/h5-6,9-10,13,17H,3-4,7-8,11-12H2,1-2H3,(H,24,28)(H,27,29). The zero-order valence-electron chi connectivity index (χ0n) is 17.7. The number of anilines is 1. The van der Waals surface area contributed by atoms with E-state index >= 15 is 0 Å². The van der Waals surface area contributed by atoms with Crippen molar-refractivity contribution < 1.29 is 9.59 Å². The number of aryl methyl sites for hydroxylation is 2. The number of thioether (sulfide) groups is 1. The van der Waals surface area contributed by atoms with Crippen LogP contribution in [0.2, 0.25) is 0 Å². The second-order valence-electron chi connectivity index (χ2n) is 7.88. The van der Waals surface area contributed by atoms with Crippen LogP contribution in [0.4, 0.5) is 5.69 Å². The molecule has 2 N–H and O–H groups in total. The highest BCUT2D eigenvalue weighted by atomic mass is 32.2. The van der Waals surface area contributed by atoms with E-state index < -0.39 is 0 Å². The second kappa shape index (κ2) is 9.78. The molecule has 1 fully saturated rings. The van der Waals surface area contributed by atoms with Gasteiger partial charge in [0.25, 0.3) is 0 Å². The van der Waals surface area contributed by atoms with E-state index in [0.29, 0.717) is 12.3 Å². The molecule has 0 bridgehead atoms. The molecule has 0 saturated heterocycles. The number of carbonyl (C=O) groups is 2. The van der Waals surface area contributed by atoms with Gasteiger partial charge < -0.3 is 10.6 Å². The molecule has 0 radical (unpaired) electrons. The van der Waals surface area contributed by atoms with Gasteiger partial charge in [-0.3, -0.25) is 9.59 Å². The minimum atomic E-state index is -0.0539. The van der Waals surface area contributed by atoms with Crippen molar-refractivity contribution in [1.29, 1.82) is 0 Å². The number of hydrogen-bond acceptors (Lipinski definition) is 6. The Kier molecular flexibility index (Phi) is 6.87. The fourth-order valence-electron chi connectivity index (χ4n) is 3.84. The number of carbonyl (C=O) groups excluding carboxylic acids is 2. The molecule has 0 spiro atoms. The highest BCUT2D eigenvalue weighted by Crippen LogP contribution is 2.34. The molecule has 1 aliphatic carbocycles. The van der Waals surface area contributed by atoms with Crippen LogP contribution in [0.3, 0.4) is 0 Å². The summed E-state index contributed by atoms with van der Waals surface area (Å²) in [5.74, 6) is 0.467. The van der Waals surface area contributed by atoms with Gasteiger partial charge >= 0.3 is 0 Å². The lowest BCUT2D eigenvalue weighted by molar-refractivity contribution is -0.120. The minimum Gasteiger partial charge on any atom is -0.351 e. The average Bonchev–Trinajstić information content (AvgIpc) is 3.40. The van der Waals surface area contributed by atoms with Gasteiger partial charge in [0.05, 0.1) is 5.75 Å². The Morgan fingerprint density at radius 3 is 2.81 bits per heavy atom. The van der Waals surface area contributed by atoms with Crippen LogP contribution in [0.5, 0.6) is 0 Å². The number of amides is 2. The molecule has 3 aromatic rings. The molecule has 2 heterocycles. The number of benzene rings is 1.